The van der Waals surface area contributed by atoms with Crippen molar-refractivity contribution in [1.82, 2.24) is 9.78 Å². The molecule has 1 N–H and O–H groups in total. The normalized spacial score (nSPS) is 10.6. The number of hydrogen-bond donors (Lipinski definition) is 1. The summed E-state index contributed by atoms with van der Waals surface area (Å²) in [6.07, 6.45) is 1.54. The summed E-state index contributed by atoms with van der Waals surface area (Å²) < 4.78 is 15.3. The van der Waals surface area contributed by atoms with Gasteiger partial charge in [-0.2, -0.15) is 10.4 Å². The van der Waals surface area contributed by atoms with Crippen LogP contribution in [0.1, 0.15) is 46.9 Å². The molecule has 0 fully saturated rings. The van der Waals surface area contributed by atoms with Gasteiger partial charge in [-0.05, 0) is 29.7 Å². The highest BCUT2D eigenvalue weighted by molar-refractivity contribution is 6.05. The van der Waals surface area contributed by atoms with E-state index in [0.29, 0.717) is 17.8 Å². The predicted octanol–water partition coefficient (Wildman–Crippen LogP) is 4.32. The lowest BCUT2D eigenvalue weighted by atomic mass is 10.0. The molecule has 2 aromatic carbocycles. The monoisotopic (exact) mass is 362 g/mol. The van der Waals surface area contributed by atoms with Crippen LogP contribution < -0.4 is 5.32 Å². The van der Waals surface area contributed by atoms with Crippen molar-refractivity contribution < 1.29 is 9.18 Å². The molecule has 136 valence electrons. The van der Waals surface area contributed by atoms with E-state index in [-0.39, 0.29) is 17.4 Å². The molecule has 1 amide bonds. The summed E-state index contributed by atoms with van der Waals surface area (Å²) in [5.74, 6) is -0.873. The minimum atomic E-state index is -0.617. The number of rotatable bonds is 5. The molecular formula is C21H19FN4O. The number of carbonyl (C=O) groups excluding carboxylic acids is 1. The molecule has 0 saturated heterocycles. The summed E-state index contributed by atoms with van der Waals surface area (Å²) in [4.78, 5) is 12.7. The van der Waals surface area contributed by atoms with E-state index in [2.05, 4.69) is 10.4 Å². The number of carbonyl (C=O) groups is 1. The summed E-state index contributed by atoms with van der Waals surface area (Å²) in [6.45, 7) is 4.57. The Morgan fingerprint density at radius 3 is 2.67 bits per heavy atom. The van der Waals surface area contributed by atoms with Gasteiger partial charge in [0.1, 0.15) is 11.9 Å². The second-order valence-corrected chi connectivity index (χ2v) is 6.50. The molecule has 3 rings (SSSR count). The quantitative estimate of drug-likeness (QED) is 0.735. The van der Waals surface area contributed by atoms with Crippen LogP contribution >= 0.6 is 0 Å². The fourth-order valence-electron chi connectivity index (χ4n) is 2.95. The Kier molecular flexibility index (Phi) is 5.32. The van der Waals surface area contributed by atoms with E-state index >= 15 is 0 Å². The van der Waals surface area contributed by atoms with Crippen LogP contribution in [0.4, 0.5) is 10.1 Å². The van der Waals surface area contributed by atoms with Crippen molar-refractivity contribution in [2.75, 3.05) is 5.32 Å². The molecule has 1 aromatic heterocycles. The minimum Gasteiger partial charge on any atom is -0.322 e. The number of nitriles is 1. The van der Waals surface area contributed by atoms with Gasteiger partial charge in [0.05, 0.1) is 29.6 Å². The van der Waals surface area contributed by atoms with E-state index in [9.17, 15) is 9.18 Å². The lowest BCUT2D eigenvalue weighted by molar-refractivity contribution is 0.102. The van der Waals surface area contributed by atoms with Gasteiger partial charge in [0, 0.05) is 5.69 Å². The van der Waals surface area contributed by atoms with Crippen LogP contribution in [0.25, 0.3) is 0 Å². The zero-order valence-corrected chi connectivity index (χ0v) is 15.1. The van der Waals surface area contributed by atoms with Crippen molar-refractivity contribution in [2.45, 2.75) is 26.3 Å². The average molecular weight is 362 g/mol. The van der Waals surface area contributed by atoms with Crippen LogP contribution in [0.2, 0.25) is 0 Å². The van der Waals surface area contributed by atoms with Gasteiger partial charge in [0.25, 0.3) is 5.91 Å². The van der Waals surface area contributed by atoms with Gasteiger partial charge in [-0.1, -0.05) is 44.2 Å². The molecule has 0 unspecified atom stereocenters. The van der Waals surface area contributed by atoms with Crippen molar-refractivity contribution >= 4 is 11.6 Å². The number of halogens is 1. The molecule has 0 aliphatic heterocycles. The standard InChI is InChI=1S/C21H19FN4O/c1-14(2)20-18(12-24-26(20)13-15-6-4-3-5-7-15)21(27)25-17-8-9-19(22)16(10-17)11-23/h3-10,12,14H,13H2,1-2H3,(H,25,27). The third kappa shape index (κ3) is 4.04. The molecule has 0 aliphatic carbocycles. The highest BCUT2D eigenvalue weighted by Gasteiger charge is 2.20. The van der Waals surface area contributed by atoms with Crippen molar-refractivity contribution in [1.29, 1.82) is 5.26 Å². The Morgan fingerprint density at radius 2 is 2.00 bits per heavy atom. The van der Waals surface area contributed by atoms with Gasteiger partial charge in [-0.3, -0.25) is 9.48 Å². The lowest BCUT2D eigenvalue weighted by Gasteiger charge is -2.13. The summed E-state index contributed by atoms with van der Waals surface area (Å²) >= 11 is 0. The van der Waals surface area contributed by atoms with E-state index in [1.807, 2.05) is 48.9 Å². The minimum absolute atomic E-state index is 0.0832. The molecule has 0 atom stereocenters. The summed E-state index contributed by atoms with van der Waals surface area (Å²) in [7, 11) is 0. The number of hydrogen-bond acceptors (Lipinski definition) is 3. The predicted molar refractivity (Wildman–Crippen MR) is 101 cm³/mol. The van der Waals surface area contributed by atoms with E-state index < -0.39 is 5.82 Å². The van der Waals surface area contributed by atoms with Gasteiger partial charge in [-0.25, -0.2) is 4.39 Å². The lowest BCUT2D eigenvalue weighted by Crippen LogP contribution is -2.16. The first-order valence-corrected chi connectivity index (χ1v) is 8.60. The molecular weight excluding hydrogens is 343 g/mol. The summed E-state index contributed by atoms with van der Waals surface area (Å²) in [5.41, 5.74) is 2.62. The smallest absolute Gasteiger partial charge is 0.259 e. The number of amides is 1. The first-order chi connectivity index (χ1) is 13.0. The number of benzene rings is 2. The number of aromatic nitrogens is 2. The number of nitrogens with one attached hydrogen (secondary N) is 1. The van der Waals surface area contributed by atoms with E-state index in [0.717, 1.165) is 17.3 Å². The second kappa shape index (κ2) is 7.83. The summed E-state index contributed by atoms with van der Waals surface area (Å²) in [5, 5.41) is 16.0. The number of anilines is 1. The van der Waals surface area contributed by atoms with Crippen molar-refractivity contribution in [3.63, 3.8) is 0 Å². The maximum atomic E-state index is 13.5. The van der Waals surface area contributed by atoms with Crippen molar-refractivity contribution in [2.24, 2.45) is 0 Å². The third-order valence-electron chi connectivity index (χ3n) is 4.19. The Bertz CT molecular complexity index is 1000. The molecule has 6 heteroatoms. The van der Waals surface area contributed by atoms with Gasteiger partial charge >= 0.3 is 0 Å². The van der Waals surface area contributed by atoms with E-state index in [1.165, 1.54) is 12.1 Å². The molecule has 0 spiro atoms. The Hall–Kier alpha value is -3.46. The third-order valence-corrected chi connectivity index (χ3v) is 4.19. The van der Waals surface area contributed by atoms with Gasteiger partial charge in [-0.15, -0.1) is 0 Å². The Balaban J connectivity index is 1.88. The molecule has 3 aromatic rings. The molecule has 0 aliphatic rings. The Morgan fingerprint density at radius 1 is 1.26 bits per heavy atom. The molecule has 5 nitrogen and oxygen atoms in total. The maximum absolute atomic E-state index is 13.5. The highest BCUT2D eigenvalue weighted by atomic mass is 19.1. The molecule has 0 bridgehead atoms. The van der Waals surface area contributed by atoms with Crippen LogP contribution in [-0.2, 0) is 6.54 Å². The zero-order chi connectivity index (χ0) is 19.4. The topological polar surface area (TPSA) is 70.7 Å². The summed E-state index contributed by atoms with van der Waals surface area (Å²) in [6, 6.07) is 15.6. The average Bonchev–Trinajstić information content (AvgIpc) is 3.08. The highest BCUT2D eigenvalue weighted by Crippen LogP contribution is 2.22. The molecule has 27 heavy (non-hydrogen) atoms. The molecule has 1 heterocycles. The largest absolute Gasteiger partial charge is 0.322 e. The van der Waals surface area contributed by atoms with Gasteiger partial charge in [0.2, 0.25) is 0 Å². The molecule has 0 radical (unpaired) electrons. The maximum Gasteiger partial charge on any atom is 0.259 e. The Labute approximate surface area is 157 Å². The first-order valence-electron chi connectivity index (χ1n) is 8.60. The second-order valence-electron chi connectivity index (χ2n) is 6.50. The SMILES string of the molecule is CC(C)c1c(C(=O)Nc2ccc(F)c(C#N)c2)cnn1Cc1ccccc1. The van der Waals surface area contributed by atoms with Gasteiger partial charge in [0.15, 0.2) is 0 Å². The van der Waals surface area contributed by atoms with Crippen LogP contribution in [0.3, 0.4) is 0 Å². The fourth-order valence-corrected chi connectivity index (χ4v) is 2.95. The van der Waals surface area contributed by atoms with E-state index in [1.54, 1.807) is 12.3 Å². The van der Waals surface area contributed by atoms with Crippen molar-refractivity contribution in [3.05, 3.63) is 82.9 Å². The fraction of sp³-hybridized carbons (Fsp3) is 0.190. The van der Waals surface area contributed by atoms with Crippen molar-refractivity contribution in [3.8, 4) is 6.07 Å². The van der Waals surface area contributed by atoms with E-state index in [4.69, 9.17) is 5.26 Å². The van der Waals surface area contributed by atoms with Crippen LogP contribution in [0.15, 0.2) is 54.7 Å². The van der Waals surface area contributed by atoms with Gasteiger partial charge < -0.3 is 5.32 Å². The molecule has 0 saturated carbocycles. The van der Waals surface area contributed by atoms with Crippen LogP contribution in [0.5, 0.6) is 0 Å². The van der Waals surface area contributed by atoms with Crippen LogP contribution in [0, 0.1) is 17.1 Å². The zero-order valence-electron chi connectivity index (χ0n) is 15.1. The number of nitrogens with zero attached hydrogens (tertiary/aromatic N) is 3. The first kappa shape index (κ1) is 18.3. The van der Waals surface area contributed by atoms with Crippen LogP contribution in [-0.4, -0.2) is 15.7 Å².